The number of hydrogen-bond acceptors (Lipinski definition) is 4. The number of para-hydroxylation sites is 2. The fourth-order valence-electron chi connectivity index (χ4n) is 8.96. The summed E-state index contributed by atoms with van der Waals surface area (Å²) in [6.45, 7) is 0. The van der Waals surface area contributed by atoms with Crippen molar-refractivity contribution in [1.82, 2.24) is 0 Å². The van der Waals surface area contributed by atoms with Crippen LogP contribution in [0.1, 0.15) is 0 Å². The Morgan fingerprint density at radius 3 is 0.935 bits per heavy atom. The van der Waals surface area contributed by atoms with E-state index in [2.05, 4.69) is 228 Å². The molecule has 0 radical (unpaired) electrons. The maximum Gasteiger partial charge on any atom is 0.137 e. The first-order chi connectivity index (χ1) is 30.7. The summed E-state index contributed by atoms with van der Waals surface area (Å²) in [4.78, 5) is 4.56. The fraction of sp³-hybridized carbons (Fsp3) is 0. The molecule has 2 aromatic heterocycles. The van der Waals surface area contributed by atoms with Crippen LogP contribution < -0.4 is 9.80 Å². The van der Waals surface area contributed by atoms with E-state index in [1.807, 2.05) is 12.1 Å². The smallest absolute Gasteiger partial charge is 0.137 e. The van der Waals surface area contributed by atoms with E-state index in [9.17, 15) is 0 Å². The molecule has 0 spiro atoms. The third-order valence-electron chi connectivity index (χ3n) is 12.0. The van der Waals surface area contributed by atoms with E-state index < -0.39 is 0 Å². The van der Waals surface area contributed by atoms with E-state index in [1.165, 1.54) is 22.3 Å². The molecule has 0 N–H and O–H groups in total. The Labute approximate surface area is 358 Å². The lowest BCUT2D eigenvalue weighted by atomic mass is 10.0. The van der Waals surface area contributed by atoms with Gasteiger partial charge in [-0.15, -0.1) is 0 Å². The zero-order valence-electron chi connectivity index (χ0n) is 33.7. The average Bonchev–Trinajstić information content (AvgIpc) is 3.88. The van der Waals surface area contributed by atoms with Crippen molar-refractivity contribution in [1.29, 1.82) is 0 Å². The van der Waals surface area contributed by atoms with Crippen molar-refractivity contribution in [2.75, 3.05) is 9.80 Å². The van der Waals surface area contributed by atoms with E-state index in [0.29, 0.717) is 0 Å². The van der Waals surface area contributed by atoms with Crippen molar-refractivity contribution in [2.45, 2.75) is 0 Å². The largest absolute Gasteiger partial charge is 0.456 e. The normalized spacial score (nSPS) is 11.5. The van der Waals surface area contributed by atoms with Crippen LogP contribution in [0.15, 0.2) is 239 Å². The van der Waals surface area contributed by atoms with Crippen LogP contribution in [0.2, 0.25) is 0 Å². The highest BCUT2D eigenvalue weighted by Crippen LogP contribution is 2.43. The maximum atomic E-state index is 6.67. The summed E-state index contributed by atoms with van der Waals surface area (Å²) in [5, 5.41) is 6.54. The van der Waals surface area contributed by atoms with Crippen molar-refractivity contribution in [3.8, 4) is 22.3 Å². The van der Waals surface area contributed by atoms with Crippen LogP contribution >= 0.6 is 0 Å². The molecule has 292 valence electrons. The minimum Gasteiger partial charge on any atom is -0.456 e. The molecule has 62 heavy (non-hydrogen) atoms. The molecule has 0 aliphatic rings. The summed E-state index contributed by atoms with van der Waals surface area (Å²) in [7, 11) is 0. The molecule has 10 aromatic carbocycles. The van der Waals surface area contributed by atoms with Gasteiger partial charge in [-0.25, -0.2) is 0 Å². The first kappa shape index (κ1) is 35.6. The van der Waals surface area contributed by atoms with Gasteiger partial charge in [-0.05, 0) is 130 Å². The summed E-state index contributed by atoms with van der Waals surface area (Å²) in [5.41, 5.74) is 14.5. The molecule has 0 amide bonds. The van der Waals surface area contributed by atoms with Gasteiger partial charge in [0.2, 0.25) is 0 Å². The van der Waals surface area contributed by atoms with Crippen LogP contribution in [0, 0.1) is 0 Å². The Bertz CT molecular complexity index is 3310. The van der Waals surface area contributed by atoms with E-state index in [4.69, 9.17) is 8.83 Å². The van der Waals surface area contributed by atoms with Crippen LogP contribution in [0.5, 0.6) is 0 Å². The van der Waals surface area contributed by atoms with Crippen molar-refractivity contribution in [3.05, 3.63) is 231 Å². The minimum atomic E-state index is 0.842. The molecule has 0 aliphatic heterocycles. The fourth-order valence-corrected chi connectivity index (χ4v) is 8.96. The molecular formula is C58H38N2O2. The van der Waals surface area contributed by atoms with Gasteiger partial charge in [0.25, 0.3) is 0 Å². The predicted molar refractivity (Wildman–Crippen MR) is 259 cm³/mol. The highest BCUT2D eigenvalue weighted by atomic mass is 16.3. The SMILES string of the molecule is c1ccc(-c2ccc(N(c3ccccc3)c3ccc4c(c3)oc3cc5cc6oc7cc(N(c8ccccc8)c8ccc(-c9ccccc9)cc8)ccc7c6cc5cc34)cc2)cc1. The standard InChI is InChI=1S/C58H38N2O2/c1-5-13-39(14-6-1)41-21-25-47(26-22-41)59(45-17-9-3-10-18-45)49-29-31-51-53-33-43-34-54-52-32-30-50(38-58(52)62-56(54)36-44(43)35-55(53)61-57(51)37-49)60(46-19-11-4-12-20-46)48-27-23-42(24-28-48)40-15-7-2-8-16-40/h1-38H. The van der Waals surface area contributed by atoms with Crippen molar-refractivity contribution in [2.24, 2.45) is 0 Å². The number of benzene rings is 10. The Kier molecular flexibility index (Phi) is 8.46. The first-order valence-corrected chi connectivity index (χ1v) is 21.0. The molecule has 0 fully saturated rings. The molecule has 4 nitrogen and oxygen atoms in total. The van der Waals surface area contributed by atoms with Gasteiger partial charge in [0, 0.05) is 67.8 Å². The Hall–Kier alpha value is -8.34. The lowest BCUT2D eigenvalue weighted by Crippen LogP contribution is -2.09. The van der Waals surface area contributed by atoms with Crippen LogP contribution in [-0.2, 0) is 0 Å². The first-order valence-electron chi connectivity index (χ1n) is 21.0. The number of fused-ring (bicyclic) bond motifs is 7. The monoisotopic (exact) mass is 794 g/mol. The van der Waals surface area contributed by atoms with Gasteiger partial charge in [0.05, 0.1) is 0 Å². The highest BCUT2D eigenvalue weighted by molar-refractivity contribution is 6.15. The van der Waals surface area contributed by atoms with Crippen molar-refractivity contribution in [3.63, 3.8) is 0 Å². The Morgan fingerprint density at radius 1 is 0.226 bits per heavy atom. The number of hydrogen-bond donors (Lipinski definition) is 0. The third-order valence-corrected chi connectivity index (χ3v) is 12.0. The molecule has 0 aliphatic carbocycles. The van der Waals surface area contributed by atoms with Gasteiger partial charge in [0.15, 0.2) is 0 Å². The zero-order chi connectivity index (χ0) is 41.0. The summed E-state index contributed by atoms with van der Waals surface area (Å²) < 4.78 is 13.3. The number of furan rings is 2. The predicted octanol–water partition coefficient (Wildman–Crippen LogP) is 16.9. The van der Waals surface area contributed by atoms with E-state index in [1.54, 1.807) is 0 Å². The zero-order valence-corrected chi connectivity index (χ0v) is 33.7. The summed E-state index contributed by atoms with van der Waals surface area (Å²) in [6, 6.07) is 81.4. The molecule has 0 bridgehead atoms. The minimum absolute atomic E-state index is 0.842. The van der Waals surface area contributed by atoms with Crippen molar-refractivity contribution < 1.29 is 8.83 Å². The van der Waals surface area contributed by atoms with E-state index in [0.717, 1.165) is 88.8 Å². The Balaban J connectivity index is 0.911. The van der Waals surface area contributed by atoms with Crippen LogP contribution in [-0.4, -0.2) is 0 Å². The van der Waals surface area contributed by atoms with Crippen LogP contribution in [0.3, 0.4) is 0 Å². The maximum absolute atomic E-state index is 6.67. The van der Waals surface area contributed by atoms with Gasteiger partial charge in [-0.1, -0.05) is 121 Å². The Morgan fingerprint density at radius 2 is 0.532 bits per heavy atom. The summed E-state index contributed by atoms with van der Waals surface area (Å²) in [6.07, 6.45) is 0. The molecule has 4 heteroatoms. The second-order valence-electron chi connectivity index (χ2n) is 15.8. The molecule has 2 heterocycles. The second-order valence-corrected chi connectivity index (χ2v) is 15.8. The molecule has 0 unspecified atom stereocenters. The topological polar surface area (TPSA) is 32.8 Å². The molecular weight excluding hydrogens is 757 g/mol. The van der Waals surface area contributed by atoms with Crippen LogP contribution in [0.4, 0.5) is 34.1 Å². The highest BCUT2D eigenvalue weighted by Gasteiger charge is 2.19. The molecule has 0 atom stereocenters. The number of rotatable bonds is 8. The van der Waals surface area contributed by atoms with Gasteiger partial charge in [0.1, 0.15) is 22.3 Å². The second kappa shape index (κ2) is 14.7. The van der Waals surface area contributed by atoms with Gasteiger partial charge in [-0.3, -0.25) is 0 Å². The molecule has 0 saturated heterocycles. The third kappa shape index (κ3) is 6.25. The number of nitrogens with zero attached hydrogens (tertiary/aromatic N) is 2. The lowest BCUT2D eigenvalue weighted by Gasteiger charge is -2.25. The van der Waals surface area contributed by atoms with Gasteiger partial charge < -0.3 is 18.6 Å². The summed E-state index contributed by atoms with van der Waals surface area (Å²) >= 11 is 0. The average molecular weight is 795 g/mol. The quantitative estimate of drug-likeness (QED) is 0.153. The number of anilines is 6. The van der Waals surface area contributed by atoms with Gasteiger partial charge >= 0.3 is 0 Å². The van der Waals surface area contributed by atoms with Crippen molar-refractivity contribution >= 4 is 88.8 Å². The van der Waals surface area contributed by atoms with Gasteiger partial charge in [-0.2, -0.15) is 0 Å². The van der Waals surface area contributed by atoms with Crippen LogP contribution in [0.25, 0.3) is 76.9 Å². The molecule has 12 aromatic rings. The molecule has 0 saturated carbocycles. The summed E-state index contributed by atoms with van der Waals surface area (Å²) in [5.74, 6) is 0. The van der Waals surface area contributed by atoms with E-state index >= 15 is 0 Å². The van der Waals surface area contributed by atoms with E-state index in [-0.39, 0.29) is 0 Å². The lowest BCUT2D eigenvalue weighted by molar-refractivity contribution is 0.668. The molecule has 12 rings (SSSR count).